The molecule has 0 amide bonds. The molecule has 2 aromatic carbocycles. The SMILES string of the molecule is CCc1ccc(/C=N/N=C/c2ccc(C)cc2)cc1F. The monoisotopic (exact) mass is 268 g/mol. The van der Waals surface area contributed by atoms with E-state index in [-0.39, 0.29) is 5.82 Å². The molecular formula is C17H17FN2. The van der Waals surface area contributed by atoms with Crippen molar-refractivity contribution in [1.82, 2.24) is 0 Å². The summed E-state index contributed by atoms with van der Waals surface area (Å²) in [5, 5.41) is 7.89. The number of nitrogens with zero attached hydrogens (tertiary/aromatic N) is 2. The molecule has 0 aliphatic heterocycles. The van der Waals surface area contributed by atoms with Gasteiger partial charge in [-0.2, -0.15) is 10.2 Å². The first-order chi connectivity index (χ1) is 9.69. The summed E-state index contributed by atoms with van der Waals surface area (Å²) in [4.78, 5) is 0. The van der Waals surface area contributed by atoms with E-state index in [1.54, 1.807) is 18.5 Å². The molecule has 0 saturated carbocycles. The summed E-state index contributed by atoms with van der Waals surface area (Å²) in [6, 6.07) is 13.1. The molecule has 2 rings (SSSR count). The van der Waals surface area contributed by atoms with Gasteiger partial charge in [0, 0.05) is 0 Å². The topological polar surface area (TPSA) is 24.7 Å². The lowest BCUT2D eigenvalue weighted by molar-refractivity contribution is 0.612. The second kappa shape index (κ2) is 6.75. The minimum absolute atomic E-state index is 0.195. The van der Waals surface area contributed by atoms with Gasteiger partial charge in [0.1, 0.15) is 5.82 Å². The zero-order chi connectivity index (χ0) is 14.4. The molecule has 2 aromatic rings. The highest BCUT2D eigenvalue weighted by molar-refractivity contribution is 5.82. The largest absolute Gasteiger partial charge is 0.207 e. The van der Waals surface area contributed by atoms with Crippen molar-refractivity contribution in [1.29, 1.82) is 0 Å². The summed E-state index contributed by atoms with van der Waals surface area (Å²) in [6.45, 7) is 3.96. The minimum atomic E-state index is -0.195. The van der Waals surface area contributed by atoms with Gasteiger partial charge in [-0.05, 0) is 36.1 Å². The van der Waals surface area contributed by atoms with Gasteiger partial charge in [0.25, 0.3) is 0 Å². The average molecular weight is 268 g/mol. The van der Waals surface area contributed by atoms with Crippen LogP contribution in [0.3, 0.4) is 0 Å². The van der Waals surface area contributed by atoms with Gasteiger partial charge in [0.05, 0.1) is 12.4 Å². The molecule has 0 aliphatic rings. The Hall–Kier alpha value is -2.29. The van der Waals surface area contributed by atoms with Crippen molar-refractivity contribution in [3.8, 4) is 0 Å². The average Bonchev–Trinajstić information content (AvgIpc) is 2.46. The number of halogens is 1. The van der Waals surface area contributed by atoms with Crippen molar-refractivity contribution < 1.29 is 4.39 Å². The third kappa shape index (κ3) is 3.85. The number of aryl methyl sites for hydroxylation is 2. The fourth-order valence-corrected chi connectivity index (χ4v) is 1.78. The smallest absolute Gasteiger partial charge is 0.127 e. The third-order valence-corrected chi connectivity index (χ3v) is 3.02. The van der Waals surface area contributed by atoms with Crippen LogP contribution in [0.4, 0.5) is 4.39 Å². The molecule has 0 aromatic heterocycles. The van der Waals surface area contributed by atoms with E-state index in [2.05, 4.69) is 10.2 Å². The molecule has 0 saturated heterocycles. The maximum Gasteiger partial charge on any atom is 0.127 e. The Bertz CT molecular complexity index is 628. The molecule has 0 fully saturated rings. The van der Waals surface area contributed by atoms with Gasteiger partial charge in [-0.25, -0.2) is 4.39 Å². The Morgan fingerprint density at radius 1 is 0.950 bits per heavy atom. The highest BCUT2D eigenvalue weighted by atomic mass is 19.1. The molecule has 20 heavy (non-hydrogen) atoms. The van der Waals surface area contributed by atoms with E-state index >= 15 is 0 Å². The maximum atomic E-state index is 13.6. The van der Waals surface area contributed by atoms with Crippen LogP contribution in [-0.4, -0.2) is 12.4 Å². The Balaban J connectivity index is 2.02. The second-order valence-electron chi connectivity index (χ2n) is 4.60. The van der Waals surface area contributed by atoms with Crippen molar-refractivity contribution in [3.63, 3.8) is 0 Å². The van der Waals surface area contributed by atoms with E-state index in [1.165, 1.54) is 11.6 Å². The minimum Gasteiger partial charge on any atom is -0.207 e. The first-order valence-corrected chi connectivity index (χ1v) is 6.60. The number of hydrogen-bond acceptors (Lipinski definition) is 2. The predicted molar refractivity (Wildman–Crippen MR) is 82.1 cm³/mol. The lowest BCUT2D eigenvalue weighted by Crippen LogP contribution is -1.90. The molecule has 0 unspecified atom stereocenters. The van der Waals surface area contributed by atoms with E-state index in [9.17, 15) is 4.39 Å². The molecule has 0 bridgehead atoms. The summed E-state index contributed by atoms with van der Waals surface area (Å²) < 4.78 is 13.6. The summed E-state index contributed by atoms with van der Waals surface area (Å²) in [5.74, 6) is -0.195. The van der Waals surface area contributed by atoms with Crippen molar-refractivity contribution >= 4 is 12.4 Å². The van der Waals surface area contributed by atoms with Crippen LogP contribution < -0.4 is 0 Å². The van der Waals surface area contributed by atoms with Gasteiger partial charge in [-0.1, -0.05) is 48.9 Å². The van der Waals surface area contributed by atoms with Crippen LogP contribution in [0.1, 0.15) is 29.2 Å². The van der Waals surface area contributed by atoms with Crippen LogP contribution in [0.2, 0.25) is 0 Å². The van der Waals surface area contributed by atoms with Crippen LogP contribution in [0, 0.1) is 12.7 Å². The predicted octanol–water partition coefficient (Wildman–Crippen LogP) is 4.15. The molecule has 0 atom stereocenters. The summed E-state index contributed by atoms with van der Waals surface area (Å²) in [7, 11) is 0. The van der Waals surface area contributed by atoms with Crippen molar-refractivity contribution in [2.75, 3.05) is 0 Å². The maximum absolute atomic E-state index is 13.6. The summed E-state index contributed by atoms with van der Waals surface area (Å²) in [5.41, 5.74) is 3.61. The van der Waals surface area contributed by atoms with Crippen LogP contribution >= 0.6 is 0 Å². The second-order valence-corrected chi connectivity index (χ2v) is 4.60. The fraction of sp³-hybridized carbons (Fsp3) is 0.176. The standard InChI is InChI=1S/C17H17FN2/c1-3-16-9-8-15(10-17(16)18)12-20-19-11-14-6-4-13(2)5-7-14/h4-12H,3H2,1-2H3/b19-11+,20-12+. The molecular weight excluding hydrogens is 251 g/mol. The van der Waals surface area contributed by atoms with E-state index in [4.69, 9.17) is 0 Å². The van der Waals surface area contributed by atoms with Crippen molar-refractivity contribution in [3.05, 3.63) is 70.5 Å². The lowest BCUT2D eigenvalue weighted by Gasteiger charge is -1.99. The number of rotatable bonds is 4. The number of hydrogen-bond donors (Lipinski definition) is 0. The molecule has 0 N–H and O–H groups in total. The van der Waals surface area contributed by atoms with Crippen molar-refractivity contribution in [2.45, 2.75) is 20.3 Å². The van der Waals surface area contributed by atoms with Gasteiger partial charge in [0.2, 0.25) is 0 Å². The lowest BCUT2D eigenvalue weighted by atomic mass is 10.1. The Labute approximate surface area is 118 Å². The van der Waals surface area contributed by atoms with Gasteiger partial charge in [-0.3, -0.25) is 0 Å². The zero-order valence-corrected chi connectivity index (χ0v) is 11.7. The fourth-order valence-electron chi connectivity index (χ4n) is 1.78. The van der Waals surface area contributed by atoms with Crippen LogP contribution in [0.25, 0.3) is 0 Å². The van der Waals surface area contributed by atoms with Crippen LogP contribution in [0.15, 0.2) is 52.7 Å². The molecule has 0 radical (unpaired) electrons. The van der Waals surface area contributed by atoms with Crippen molar-refractivity contribution in [2.24, 2.45) is 10.2 Å². The van der Waals surface area contributed by atoms with Gasteiger partial charge < -0.3 is 0 Å². The van der Waals surface area contributed by atoms with Crippen LogP contribution in [-0.2, 0) is 6.42 Å². The van der Waals surface area contributed by atoms with E-state index in [0.717, 1.165) is 5.56 Å². The molecule has 0 aliphatic carbocycles. The Kier molecular flexibility index (Phi) is 4.77. The molecule has 0 heterocycles. The van der Waals surface area contributed by atoms with Gasteiger partial charge >= 0.3 is 0 Å². The third-order valence-electron chi connectivity index (χ3n) is 3.02. The molecule has 102 valence electrons. The van der Waals surface area contributed by atoms with E-state index in [1.807, 2.05) is 44.2 Å². The van der Waals surface area contributed by atoms with E-state index in [0.29, 0.717) is 17.5 Å². The zero-order valence-electron chi connectivity index (χ0n) is 11.7. The van der Waals surface area contributed by atoms with E-state index < -0.39 is 0 Å². The first kappa shape index (κ1) is 14.1. The Morgan fingerprint density at radius 2 is 1.55 bits per heavy atom. The van der Waals surface area contributed by atoms with Gasteiger partial charge in [0.15, 0.2) is 0 Å². The normalized spacial score (nSPS) is 11.6. The van der Waals surface area contributed by atoms with Gasteiger partial charge in [-0.15, -0.1) is 0 Å². The number of benzene rings is 2. The molecule has 3 heteroatoms. The highest BCUT2D eigenvalue weighted by Gasteiger charge is 1.99. The van der Waals surface area contributed by atoms with Crippen LogP contribution in [0.5, 0.6) is 0 Å². The molecule has 2 nitrogen and oxygen atoms in total. The first-order valence-electron chi connectivity index (χ1n) is 6.60. The summed E-state index contributed by atoms with van der Waals surface area (Å²) >= 11 is 0. The highest BCUT2D eigenvalue weighted by Crippen LogP contribution is 2.09. The molecule has 0 spiro atoms. The quantitative estimate of drug-likeness (QED) is 0.588. The Morgan fingerprint density at radius 3 is 2.15 bits per heavy atom. The summed E-state index contributed by atoms with van der Waals surface area (Å²) in [6.07, 6.45) is 3.91.